The van der Waals surface area contributed by atoms with E-state index in [2.05, 4.69) is 16.8 Å². The molecule has 2 rings (SSSR count). The summed E-state index contributed by atoms with van der Waals surface area (Å²) in [5.41, 5.74) is 1.19. The van der Waals surface area contributed by atoms with Gasteiger partial charge in [0.05, 0.1) is 0 Å². The first-order valence-electron chi connectivity index (χ1n) is 5.16. The molecule has 76 valence electrons. The van der Waals surface area contributed by atoms with Crippen molar-refractivity contribution in [2.45, 2.75) is 19.8 Å². The average molecular weight is 211 g/mol. The summed E-state index contributed by atoms with van der Waals surface area (Å²) in [4.78, 5) is 6.36. The number of anilines is 1. The second kappa shape index (κ2) is 4.18. The van der Waals surface area contributed by atoms with E-state index in [0.29, 0.717) is 5.15 Å². The molecule has 2 nitrogen and oxygen atoms in total. The van der Waals surface area contributed by atoms with E-state index in [1.165, 1.54) is 18.5 Å². The Morgan fingerprint density at radius 2 is 2.36 bits per heavy atom. The van der Waals surface area contributed by atoms with Crippen LogP contribution in [0.5, 0.6) is 0 Å². The Bertz CT molecular complexity index is 310. The predicted molar refractivity (Wildman–Crippen MR) is 59.9 cm³/mol. The summed E-state index contributed by atoms with van der Waals surface area (Å²) in [7, 11) is 0. The first-order valence-corrected chi connectivity index (χ1v) is 5.54. The summed E-state index contributed by atoms with van der Waals surface area (Å²) < 4.78 is 0. The summed E-state index contributed by atoms with van der Waals surface area (Å²) in [6.07, 6.45) is 4.54. The molecule has 0 atom stereocenters. The molecule has 1 aromatic rings. The molecule has 1 aromatic heterocycles. The highest BCUT2D eigenvalue weighted by atomic mass is 35.5. The maximum Gasteiger partial charge on any atom is 0.131 e. The molecule has 0 unspecified atom stereocenters. The lowest BCUT2D eigenvalue weighted by molar-refractivity contribution is 0.741. The van der Waals surface area contributed by atoms with E-state index in [0.717, 1.165) is 19.0 Å². The van der Waals surface area contributed by atoms with Gasteiger partial charge in [-0.15, -0.1) is 0 Å². The minimum Gasteiger partial charge on any atom is -0.371 e. The lowest BCUT2D eigenvalue weighted by Crippen LogP contribution is -2.25. The van der Waals surface area contributed by atoms with Crippen molar-refractivity contribution in [3.8, 4) is 0 Å². The zero-order valence-electron chi connectivity index (χ0n) is 8.41. The molecule has 1 heterocycles. The minimum absolute atomic E-state index is 0.580. The van der Waals surface area contributed by atoms with Crippen LogP contribution < -0.4 is 4.90 Å². The molecule has 1 aliphatic carbocycles. The fraction of sp³-hybridized carbons (Fsp3) is 0.545. The molecule has 1 fully saturated rings. The summed E-state index contributed by atoms with van der Waals surface area (Å²) in [5, 5.41) is 0.580. The molecule has 0 saturated heterocycles. The lowest BCUT2D eigenvalue weighted by Gasteiger charge is -2.22. The van der Waals surface area contributed by atoms with E-state index in [9.17, 15) is 0 Å². The summed E-state index contributed by atoms with van der Waals surface area (Å²) >= 11 is 5.86. The van der Waals surface area contributed by atoms with E-state index >= 15 is 0 Å². The van der Waals surface area contributed by atoms with Crippen LogP contribution in [-0.4, -0.2) is 18.1 Å². The zero-order chi connectivity index (χ0) is 9.97. The fourth-order valence-corrected chi connectivity index (χ4v) is 1.79. The molecule has 0 spiro atoms. The van der Waals surface area contributed by atoms with Gasteiger partial charge in [-0.1, -0.05) is 11.6 Å². The maximum absolute atomic E-state index is 5.86. The Hall–Kier alpha value is -0.760. The summed E-state index contributed by atoms with van der Waals surface area (Å²) in [6.45, 7) is 4.38. The molecule has 1 saturated carbocycles. The largest absolute Gasteiger partial charge is 0.371 e. The highest BCUT2D eigenvalue weighted by Gasteiger charge is 2.23. The molecule has 0 amide bonds. The van der Waals surface area contributed by atoms with Crippen LogP contribution in [0.1, 0.15) is 19.8 Å². The molecular formula is C11H15ClN2. The molecule has 0 bridgehead atoms. The van der Waals surface area contributed by atoms with Gasteiger partial charge in [-0.25, -0.2) is 4.98 Å². The number of pyridine rings is 1. The summed E-state index contributed by atoms with van der Waals surface area (Å²) in [6, 6.07) is 3.96. The standard InChI is InChI=1S/C11H15ClN2/c1-2-14(8-9-3-4-9)10-5-6-13-11(12)7-10/h5-7,9H,2-4,8H2,1H3. The number of hydrogen-bond donors (Lipinski definition) is 0. The van der Waals surface area contributed by atoms with Crippen molar-refractivity contribution in [2.24, 2.45) is 5.92 Å². The second-order valence-corrected chi connectivity index (χ2v) is 4.21. The van der Waals surface area contributed by atoms with E-state index in [1.54, 1.807) is 6.20 Å². The van der Waals surface area contributed by atoms with Crippen molar-refractivity contribution < 1.29 is 0 Å². The molecule has 0 N–H and O–H groups in total. The van der Waals surface area contributed by atoms with Gasteiger partial charge < -0.3 is 4.90 Å². The van der Waals surface area contributed by atoms with E-state index in [-0.39, 0.29) is 0 Å². The topological polar surface area (TPSA) is 16.1 Å². The van der Waals surface area contributed by atoms with Crippen LogP contribution in [0.4, 0.5) is 5.69 Å². The minimum atomic E-state index is 0.580. The first-order chi connectivity index (χ1) is 6.79. The van der Waals surface area contributed by atoms with Crippen molar-refractivity contribution in [2.75, 3.05) is 18.0 Å². The van der Waals surface area contributed by atoms with Crippen LogP contribution in [0.15, 0.2) is 18.3 Å². The van der Waals surface area contributed by atoms with Gasteiger partial charge in [0.2, 0.25) is 0 Å². The zero-order valence-corrected chi connectivity index (χ0v) is 9.17. The Morgan fingerprint density at radius 1 is 1.57 bits per heavy atom. The summed E-state index contributed by atoms with van der Waals surface area (Å²) in [5.74, 6) is 0.905. The van der Waals surface area contributed by atoms with Gasteiger partial charge in [0.1, 0.15) is 5.15 Å². The molecule has 3 heteroatoms. The highest BCUT2D eigenvalue weighted by Crippen LogP contribution is 2.31. The third-order valence-corrected chi connectivity index (χ3v) is 2.84. The predicted octanol–water partition coefficient (Wildman–Crippen LogP) is 2.97. The van der Waals surface area contributed by atoms with Crippen LogP contribution in [0.2, 0.25) is 5.15 Å². The van der Waals surface area contributed by atoms with Gasteiger partial charge in [0.25, 0.3) is 0 Å². The second-order valence-electron chi connectivity index (χ2n) is 3.82. The van der Waals surface area contributed by atoms with Gasteiger partial charge in [0.15, 0.2) is 0 Å². The number of rotatable bonds is 4. The number of halogens is 1. The molecular weight excluding hydrogens is 196 g/mol. The quantitative estimate of drug-likeness (QED) is 0.711. The Labute approximate surface area is 89.9 Å². The first kappa shape index (κ1) is 9.78. The molecule has 1 aliphatic rings. The van der Waals surface area contributed by atoms with E-state index < -0.39 is 0 Å². The van der Waals surface area contributed by atoms with E-state index in [4.69, 9.17) is 11.6 Å². The molecule has 0 aromatic carbocycles. The number of aromatic nitrogens is 1. The third-order valence-electron chi connectivity index (χ3n) is 2.63. The van der Waals surface area contributed by atoms with Gasteiger partial charge in [0, 0.05) is 25.0 Å². The van der Waals surface area contributed by atoms with Crippen molar-refractivity contribution in [3.05, 3.63) is 23.5 Å². The van der Waals surface area contributed by atoms with Crippen LogP contribution in [0.25, 0.3) is 0 Å². The average Bonchev–Trinajstić information content (AvgIpc) is 2.98. The monoisotopic (exact) mass is 210 g/mol. The SMILES string of the molecule is CCN(CC1CC1)c1ccnc(Cl)c1. The van der Waals surface area contributed by atoms with Gasteiger partial charge in [-0.05, 0) is 37.8 Å². The maximum atomic E-state index is 5.86. The van der Waals surface area contributed by atoms with Gasteiger partial charge in [-0.3, -0.25) is 0 Å². The Morgan fingerprint density at radius 3 is 2.93 bits per heavy atom. The fourth-order valence-electron chi connectivity index (χ4n) is 1.62. The highest BCUT2D eigenvalue weighted by molar-refractivity contribution is 6.29. The van der Waals surface area contributed by atoms with Crippen molar-refractivity contribution in [3.63, 3.8) is 0 Å². The van der Waals surface area contributed by atoms with Crippen LogP contribution in [-0.2, 0) is 0 Å². The van der Waals surface area contributed by atoms with Crippen molar-refractivity contribution >= 4 is 17.3 Å². The molecule has 0 aliphatic heterocycles. The van der Waals surface area contributed by atoms with Gasteiger partial charge >= 0.3 is 0 Å². The van der Waals surface area contributed by atoms with E-state index in [1.807, 2.05) is 12.1 Å². The smallest absolute Gasteiger partial charge is 0.131 e. The van der Waals surface area contributed by atoms with Crippen LogP contribution >= 0.6 is 11.6 Å². The third kappa shape index (κ3) is 2.38. The lowest BCUT2D eigenvalue weighted by atomic mass is 10.3. The Balaban J connectivity index is 2.08. The van der Waals surface area contributed by atoms with Crippen molar-refractivity contribution in [1.29, 1.82) is 0 Å². The number of hydrogen-bond acceptors (Lipinski definition) is 2. The number of nitrogens with zero attached hydrogens (tertiary/aromatic N) is 2. The molecule has 14 heavy (non-hydrogen) atoms. The Kier molecular flexibility index (Phi) is 2.92. The van der Waals surface area contributed by atoms with Gasteiger partial charge in [-0.2, -0.15) is 0 Å². The van der Waals surface area contributed by atoms with Crippen molar-refractivity contribution in [1.82, 2.24) is 4.98 Å². The normalized spacial score (nSPS) is 15.6. The van der Waals surface area contributed by atoms with Crippen LogP contribution in [0.3, 0.4) is 0 Å². The molecule has 0 radical (unpaired) electrons. The van der Waals surface area contributed by atoms with Crippen LogP contribution in [0, 0.1) is 5.92 Å².